The van der Waals surface area contributed by atoms with Gasteiger partial charge in [-0.1, -0.05) is 13.8 Å². The van der Waals surface area contributed by atoms with Crippen LogP contribution >= 0.6 is 0 Å². The number of carbonyl (C=O) groups is 1. The van der Waals surface area contributed by atoms with Crippen molar-refractivity contribution in [1.82, 2.24) is 4.98 Å². The van der Waals surface area contributed by atoms with Gasteiger partial charge in [-0.25, -0.2) is 4.79 Å². The van der Waals surface area contributed by atoms with E-state index in [0.29, 0.717) is 23.1 Å². The van der Waals surface area contributed by atoms with E-state index >= 15 is 0 Å². The van der Waals surface area contributed by atoms with Gasteiger partial charge >= 0.3 is 5.97 Å². The number of aryl methyl sites for hydroxylation is 2. The van der Waals surface area contributed by atoms with E-state index in [2.05, 4.69) is 18.8 Å². The fourth-order valence-electron chi connectivity index (χ4n) is 2.38. The second-order valence-corrected chi connectivity index (χ2v) is 4.78. The van der Waals surface area contributed by atoms with Crippen LogP contribution < -0.4 is 0 Å². The highest BCUT2D eigenvalue weighted by atomic mass is 16.4. The van der Waals surface area contributed by atoms with Gasteiger partial charge in [0.1, 0.15) is 0 Å². The quantitative estimate of drug-likeness (QED) is 0.790. The number of hydrogen-bond donors (Lipinski definition) is 1. The van der Waals surface area contributed by atoms with Gasteiger partial charge in [0.25, 0.3) is 0 Å². The largest absolute Gasteiger partial charge is 0.478 e. The van der Waals surface area contributed by atoms with Gasteiger partial charge in [0.15, 0.2) is 0 Å². The molecule has 0 saturated heterocycles. The topological polar surface area (TPSA) is 50.2 Å². The lowest BCUT2D eigenvalue weighted by molar-refractivity contribution is 0.0695. The van der Waals surface area contributed by atoms with Crippen LogP contribution in [0.2, 0.25) is 0 Å². The monoisotopic (exact) mass is 219 g/mol. The van der Waals surface area contributed by atoms with Crippen molar-refractivity contribution in [2.75, 3.05) is 0 Å². The van der Waals surface area contributed by atoms with E-state index in [4.69, 9.17) is 5.11 Å². The lowest BCUT2D eigenvalue weighted by atomic mass is 9.79. The fourth-order valence-corrected chi connectivity index (χ4v) is 2.38. The lowest BCUT2D eigenvalue weighted by Crippen LogP contribution is -2.19. The Balaban J connectivity index is 2.52. The summed E-state index contributed by atoms with van der Waals surface area (Å²) >= 11 is 0. The molecular weight excluding hydrogens is 202 g/mol. The molecule has 2 atom stereocenters. The van der Waals surface area contributed by atoms with E-state index in [0.717, 1.165) is 24.1 Å². The first kappa shape index (κ1) is 11.1. The summed E-state index contributed by atoms with van der Waals surface area (Å²) in [5.41, 5.74) is 3.20. The molecule has 0 fully saturated rings. The molecule has 3 heteroatoms. The summed E-state index contributed by atoms with van der Waals surface area (Å²) in [5.74, 6) is 0.194. The Labute approximate surface area is 95.5 Å². The Morgan fingerprint density at radius 1 is 1.50 bits per heavy atom. The van der Waals surface area contributed by atoms with E-state index in [-0.39, 0.29) is 0 Å². The summed E-state index contributed by atoms with van der Waals surface area (Å²) in [4.78, 5) is 15.5. The number of pyridine rings is 1. The third-order valence-corrected chi connectivity index (χ3v) is 3.71. The number of carboxylic acid groups (broad SMARTS) is 1. The zero-order valence-electron chi connectivity index (χ0n) is 9.95. The molecule has 0 aliphatic heterocycles. The second kappa shape index (κ2) is 3.89. The molecular formula is C13H17NO2. The number of aromatic carboxylic acids is 1. The zero-order chi connectivity index (χ0) is 11.9. The molecule has 1 aliphatic rings. The molecule has 0 amide bonds. The minimum Gasteiger partial charge on any atom is -0.478 e. The summed E-state index contributed by atoms with van der Waals surface area (Å²) in [7, 11) is 0. The van der Waals surface area contributed by atoms with Crippen LogP contribution in [0.3, 0.4) is 0 Å². The first-order valence-corrected chi connectivity index (χ1v) is 5.74. The molecule has 0 saturated carbocycles. The summed E-state index contributed by atoms with van der Waals surface area (Å²) in [6, 6.07) is 1.81. The molecule has 1 N–H and O–H groups in total. The molecule has 2 unspecified atom stereocenters. The van der Waals surface area contributed by atoms with Gasteiger partial charge in [-0.3, -0.25) is 4.98 Å². The van der Waals surface area contributed by atoms with Crippen molar-refractivity contribution in [3.05, 3.63) is 28.6 Å². The molecule has 86 valence electrons. The molecule has 3 nitrogen and oxygen atoms in total. The molecule has 0 radical (unpaired) electrons. The maximum absolute atomic E-state index is 11.0. The van der Waals surface area contributed by atoms with Crippen LogP contribution in [0.4, 0.5) is 0 Å². The van der Waals surface area contributed by atoms with E-state index < -0.39 is 5.97 Å². The molecule has 0 bridgehead atoms. The minimum absolute atomic E-state index is 0.348. The van der Waals surface area contributed by atoms with Crippen LogP contribution in [0.25, 0.3) is 0 Å². The average Bonchev–Trinajstić information content (AvgIpc) is 2.23. The standard InChI is InChI=1S/C13H17NO2/c1-7-4-5-10-6-11(13(15)16)9(3)14-12(10)8(7)2/h6-8H,4-5H2,1-3H3,(H,15,16). The van der Waals surface area contributed by atoms with Crippen LogP contribution in [-0.4, -0.2) is 16.1 Å². The van der Waals surface area contributed by atoms with Crippen molar-refractivity contribution in [3.63, 3.8) is 0 Å². The number of hydrogen-bond acceptors (Lipinski definition) is 2. The number of fused-ring (bicyclic) bond motifs is 1. The van der Waals surface area contributed by atoms with E-state index in [1.807, 2.05) is 6.07 Å². The second-order valence-electron chi connectivity index (χ2n) is 4.78. The Kier molecular flexibility index (Phi) is 2.70. The number of aromatic nitrogens is 1. The molecule has 1 aromatic rings. The Hall–Kier alpha value is -1.38. The Bertz CT molecular complexity index is 440. The maximum Gasteiger partial charge on any atom is 0.337 e. The van der Waals surface area contributed by atoms with Crippen LogP contribution in [0, 0.1) is 12.8 Å². The average molecular weight is 219 g/mol. The van der Waals surface area contributed by atoms with Gasteiger partial charge in [-0.2, -0.15) is 0 Å². The van der Waals surface area contributed by atoms with Crippen molar-refractivity contribution >= 4 is 5.97 Å². The van der Waals surface area contributed by atoms with Crippen molar-refractivity contribution in [2.45, 2.75) is 39.5 Å². The van der Waals surface area contributed by atoms with Gasteiger partial charge in [-0.05, 0) is 37.3 Å². The van der Waals surface area contributed by atoms with Crippen LogP contribution in [-0.2, 0) is 6.42 Å². The van der Waals surface area contributed by atoms with E-state index in [9.17, 15) is 4.79 Å². The van der Waals surface area contributed by atoms with Crippen LogP contribution in [0.5, 0.6) is 0 Å². The van der Waals surface area contributed by atoms with Gasteiger partial charge in [0.05, 0.1) is 11.3 Å². The van der Waals surface area contributed by atoms with Crippen LogP contribution in [0.15, 0.2) is 6.07 Å². The smallest absolute Gasteiger partial charge is 0.337 e. The zero-order valence-corrected chi connectivity index (χ0v) is 9.95. The third-order valence-electron chi connectivity index (χ3n) is 3.71. The SMILES string of the molecule is Cc1nc2c(cc1C(=O)O)CCC(C)C2C. The van der Waals surface area contributed by atoms with Crippen molar-refractivity contribution < 1.29 is 9.90 Å². The van der Waals surface area contributed by atoms with Crippen molar-refractivity contribution in [1.29, 1.82) is 0 Å². The van der Waals surface area contributed by atoms with Gasteiger partial charge in [0, 0.05) is 11.6 Å². The number of nitrogens with zero attached hydrogens (tertiary/aromatic N) is 1. The molecule has 1 aliphatic carbocycles. The van der Waals surface area contributed by atoms with Gasteiger partial charge in [0.2, 0.25) is 0 Å². The summed E-state index contributed by atoms with van der Waals surface area (Å²) in [5, 5.41) is 9.05. The summed E-state index contributed by atoms with van der Waals surface area (Å²) in [6.07, 6.45) is 2.08. The van der Waals surface area contributed by atoms with Gasteiger partial charge < -0.3 is 5.11 Å². The van der Waals surface area contributed by atoms with Crippen LogP contribution in [0.1, 0.15) is 53.5 Å². The van der Waals surface area contributed by atoms with Crippen molar-refractivity contribution in [3.8, 4) is 0 Å². The highest BCUT2D eigenvalue weighted by Crippen LogP contribution is 2.35. The minimum atomic E-state index is -0.876. The maximum atomic E-state index is 11.0. The highest BCUT2D eigenvalue weighted by Gasteiger charge is 2.26. The molecule has 2 rings (SSSR count). The molecule has 1 aromatic heterocycles. The molecule has 16 heavy (non-hydrogen) atoms. The molecule has 1 heterocycles. The number of rotatable bonds is 1. The predicted molar refractivity (Wildman–Crippen MR) is 61.8 cm³/mol. The Morgan fingerprint density at radius 2 is 2.19 bits per heavy atom. The molecule has 0 aromatic carbocycles. The first-order chi connectivity index (χ1) is 7.50. The van der Waals surface area contributed by atoms with E-state index in [1.54, 1.807) is 6.92 Å². The predicted octanol–water partition coefficient (Wildman–Crippen LogP) is 2.77. The van der Waals surface area contributed by atoms with E-state index in [1.165, 1.54) is 0 Å². The Morgan fingerprint density at radius 3 is 2.81 bits per heavy atom. The number of carboxylic acids is 1. The van der Waals surface area contributed by atoms with Gasteiger partial charge in [-0.15, -0.1) is 0 Å². The first-order valence-electron chi connectivity index (χ1n) is 5.74. The van der Waals surface area contributed by atoms with Crippen molar-refractivity contribution in [2.24, 2.45) is 5.92 Å². The highest BCUT2D eigenvalue weighted by molar-refractivity contribution is 5.89. The molecule has 0 spiro atoms. The summed E-state index contributed by atoms with van der Waals surface area (Å²) < 4.78 is 0. The lowest BCUT2D eigenvalue weighted by Gasteiger charge is -2.28. The normalized spacial score (nSPS) is 23.9. The fraction of sp³-hybridized carbons (Fsp3) is 0.538. The summed E-state index contributed by atoms with van der Waals surface area (Å²) in [6.45, 7) is 6.18. The third kappa shape index (κ3) is 1.70.